The van der Waals surface area contributed by atoms with Crippen molar-refractivity contribution in [2.24, 2.45) is 0 Å². The standard InChI is InChI=1S/C11H17NO6/c1-17-9(13)5-4-7(11(15)16)12-10(14)8-3-2-6-18-8/h7-8H,2-6H2,1H3,(H,12,14)(H,15,16)/t7-,8-/m1/s1. The maximum Gasteiger partial charge on any atom is 0.326 e. The number of rotatable bonds is 6. The molecule has 0 aromatic carbocycles. The summed E-state index contributed by atoms with van der Waals surface area (Å²) in [7, 11) is 1.23. The number of carbonyl (C=O) groups is 3. The summed E-state index contributed by atoms with van der Waals surface area (Å²) >= 11 is 0. The molecule has 0 aromatic heterocycles. The zero-order valence-electron chi connectivity index (χ0n) is 10.2. The third-order valence-corrected chi connectivity index (χ3v) is 2.70. The lowest BCUT2D eigenvalue weighted by molar-refractivity contribution is -0.145. The van der Waals surface area contributed by atoms with E-state index in [1.54, 1.807) is 0 Å². The number of carboxylic acids is 1. The van der Waals surface area contributed by atoms with Crippen molar-refractivity contribution in [3.63, 3.8) is 0 Å². The predicted octanol–water partition coefficient (Wildman–Crippen LogP) is -0.312. The van der Waals surface area contributed by atoms with Gasteiger partial charge in [0.2, 0.25) is 5.91 Å². The number of amides is 1. The van der Waals surface area contributed by atoms with Gasteiger partial charge >= 0.3 is 11.9 Å². The van der Waals surface area contributed by atoms with Crippen molar-refractivity contribution in [3.8, 4) is 0 Å². The van der Waals surface area contributed by atoms with Crippen LogP contribution in [0.2, 0.25) is 0 Å². The van der Waals surface area contributed by atoms with E-state index < -0.39 is 30.0 Å². The molecule has 1 heterocycles. The van der Waals surface area contributed by atoms with E-state index >= 15 is 0 Å². The summed E-state index contributed by atoms with van der Waals surface area (Å²) in [5.41, 5.74) is 0. The highest BCUT2D eigenvalue weighted by molar-refractivity contribution is 5.86. The fourth-order valence-electron chi connectivity index (χ4n) is 1.67. The molecular formula is C11H17NO6. The van der Waals surface area contributed by atoms with Gasteiger partial charge in [0.25, 0.3) is 0 Å². The van der Waals surface area contributed by atoms with E-state index in [0.717, 1.165) is 6.42 Å². The molecule has 0 aromatic rings. The van der Waals surface area contributed by atoms with Gasteiger partial charge in [0.05, 0.1) is 7.11 Å². The Morgan fingerprint density at radius 2 is 2.22 bits per heavy atom. The largest absolute Gasteiger partial charge is 0.480 e. The van der Waals surface area contributed by atoms with E-state index in [0.29, 0.717) is 13.0 Å². The molecule has 102 valence electrons. The van der Waals surface area contributed by atoms with Gasteiger partial charge < -0.3 is 19.9 Å². The van der Waals surface area contributed by atoms with Gasteiger partial charge in [-0.05, 0) is 19.3 Å². The van der Waals surface area contributed by atoms with Gasteiger partial charge in [0, 0.05) is 13.0 Å². The number of nitrogens with one attached hydrogen (secondary N) is 1. The second-order valence-electron chi connectivity index (χ2n) is 4.02. The molecule has 1 saturated heterocycles. The smallest absolute Gasteiger partial charge is 0.326 e. The van der Waals surface area contributed by atoms with E-state index in [2.05, 4.69) is 10.1 Å². The molecular weight excluding hydrogens is 242 g/mol. The molecule has 0 aliphatic carbocycles. The topological polar surface area (TPSA) is 102 Å². The second-order valence-corrected chi connectivity index (χ2v) is 4.02. The zero-order chi connectivity index (χ0) is 13.5. The molecule has 1 amide bonds. The van der Waals surface area contributed by atoms with Gasteiger partial charge in [-0.2, -0.15) is 0 Å². The van der Waals surface area contributed by atoms with Gasteiger partial charge in [0.1, 0.15) is 12.1 Å². The van der Waals surface area contributed by atoms with Crippen LogP contribution in [0.25, 0.3) is 0 Å². The van der Waals surface area contributed by atoms with Crippen molar-refractivity contribution in [2.45, 2.75) is 37.8 Å². The molecule has 7 nitrogen and oxygen atoms in total. The monoisotopic (exact) mass is 259 g/mol. The average Bonchev–Trinajstić information content (AvgIpc) is 2.87. The summed E-state index contributed by atoms with van der Waals surface area (Å²) in [6.07, 6.45) is 0.748. The quantitative estimate of drug-likeness (QED) is 0.634. The average molecular weight is 259 g/mol. The molecule has 7 heteroatoms. The summed E-state index contributed by atoms with van der Waals surface area (Å²) in [4.78, 5) is 33.5. The Labute approximate surface area is 104 Å². The molecule has 2 atom stereocenters. The fourth-order valence-corrected chi connectivity index (χ4v) is 1.67. The molecule has 0 spiro atoms. The Balaban J connectivity index is 2.44. The van der Waals surface area contributed by atoms with Crippen LogP contribution < -0.4 is 5.32 Å². The molecule has 0 radical (unpaired) electrons. The van der Waals surface area contributed by atoms with Crippen LogP contribution in [0.15, 0.2) is 0 Å². The first-order chi connectivity index (χ1) is 8.54. The van der Waals surface area contributed by atoms with Crippen LogP contribution in [0, 0.1) is 0 Å². The second kappa shape index (κ2) is 6.95. The number of esters is 1. The number of hydrogen-bond acceptors (Lipinski definition) is 5. The molecule has 1 rings (SSSR count). The first-order valence-electron chi connectivity index (χ1n) is 5.76. The summed E-state index contributed by atoms with van der Waals surface area (Å²) in [6, 6.07) is -1.10. The first-order valence-corrected chi connectivity index (χ1v) is 5.76. The fraction of sp³-hybridized carbons (Fsp3) is 0.727. The molecule has 2 N–H and O–H groups in total. The summed E-state index contributed by atoms with van der Waals surface area (Å²) in [6.45, 7) is 0.512. The molecule has 0 unspecified atom stereocenters. The lowest BCUT2D eigenvalue weighted by atomic mass is 10.1. The van der Waals surface area contributed by atoms with Crippen molar-refractivity contribution in [1.29, 1.82) is 0 Å². The number of methoxy groups -OCH3 is 1. The van der Waals surface area contributed by atoms with Gasteiger partial charge in [-0.3, -0.25) is 9.59 Å². The van der Waals surface area contributed by atoms with Crippen LogP contribution in [-0.4, -0.2) is 48.8 Å². The van der Waals surface area contributed by atoms with Gasteiger partial charge in [-0.1, -0.05) is 0 Å². The Hall–Kier alpha value is -1.63. The minimum atomic E-state index is -1.18. The zero-order valence-corrected chi connectivity index (χ0v) is 10.2. The summed E-state index contributed by atoms with van der Waals surface area (Å²) in [5, 5.41) is 11.3. The number of hydrogen-bond donors (Lipinski definition) is 2. The highest BCUT2D eigenvalue weighted by Crippen LogP contribution is 2.12. The normalized spacial score (nSPS) is 20.2. The highest BCUT2D eigenvalue weighted by Gasteiger charge is 2.28. The Bertz CT molecular complexity index is 323. The molecule has 1 aliphatic rings. The van der Waals surface area contributed by atoms with Crippen molar-refractivity contribution >= 4 is 17.8 Å². The first kappa shape index (κ1) is 14.4. The van der Waals surface area contributed by atoms with Gasteiger partial charge in [-0.25, -0.2) is 4.79 Å². The SMILES string of the molecule is COC(=O)CC[C@@H](NC(=O)[C@H]1CCCO1)C(=O)O. The number of carbonyl (C=O) groups excluding carboxylic acids is 2. The van der Waals surface area contributed by atoms with Crippen LogP contribution >= 0.6 is 0 Å². The molecule has 1 fully saturated rings. The van der Waals surface area contributed by atoms with Crippen molar-refractivity contribution < 1.29 is 29.0 Å². The van der Waals surface area contributed by atoms with E-state index in [-0.39, 0.29) is 12.8 Å². The number of carboxylic acid groups (broad SMARTS) is 1. The maximum atomic E-state index is 11.7. The predicted molar refractivity (Wildman–Crippen MR) is 59.8 cm³/mol. The lowest BCUT2D eigenvalue weighted by Crippen LogP contribution is -2.45. The summed E-state index contributed by atoms with van der Waals surface area (Å²) in [5.74, 6) is -2.12. The highest BCUT2D eigenvalue weighted by atomic mass is 16.5. The third-order valence-electron chi connectivity index (χ3n) is 2.70. The van der Waals surface area contributed by atoms with Crippen molar-refractivity contribution in [2.75, 3.05) is 13.7 Å². The number of aliphatic carboxylic acids is 1. The molecule has 0 bridgehead atoms. The molecule has 1 aliphatic heterocycles. The van der Waals surface area contributed by atoms with E-state index in [9.17, 15) is 14.4 Å². The van der Waals surface area contributed by atoms with E-state index in [1.807, 2.05) is 0 Å². The third kappa shape index (κ3) is 4.33. The maximum absolute atomic E-state index is 11.7. The van der Waals surface area contributed by atoms with E-state index in [1.165, 1.54) is 7.11 Å². The van der Waals surface area contributed by atoms with E-state index in [4.69, 9.17) is 9.84 Å². The molecule has 18 heavy (non-hydrogen) atoms. The minimum Gasteiger partial charge on any atom is -0.480 e. The molecule has 0 saturated carbocycles. The van der Waals surface area contributed by atoms with Crippen LogP contribution in [0.3, 0.4) is 0 Å². The summed E-state index contributed by atoms with van der Waals surface area (Å²) < 4.78 is 9.56. The van der Waals surface area contributed by atoms with Crippen molar-refractivity contribution in [3.05, 3.63) is 0 Å². The Morgan fingerprint density at radius 1 is 1.50 bits per heavy atom. The van der Waals surface area contributed by atoms with Crippen LogP contribution in [-0.2, 0) is 23.9 Å². The van der Waals surface area contributed by atoms with Gasteiger partial charge in [0.15, 0.2) is 0 Å². The minimum absolute atomic E-state index is 0.000463. The Morgan fingerprint density at radius 3 is 2.72 bits per heavy atom. The Kier molecular flexibility index (Phi) is 5.57. The lowest BCUT2D eigenvalue weighted by Gasteiger charge is -2.16. The van der Waals surface area contributed by atoms with Gasteiger partial charge in [-0.15, -0.1) is 0 Å². The number of ether oxygens (including phenoxy) is 2. The van der Waals surface area contributed by atoms with Crippen LogP contribution in [0.4, 0.5) is 0 Å². The van der Waals surface area contributed by atoms with Crippen LogP contribution in [0.5, 0.6) is 0 Å². The van der Waals surface area contributed by atoms with Crippen molar-refractivity contribution in [1.82, 2.24) is 5.32 Å². The van der Waals surface area contributed by atoms with Crippen LogP contribution in [0.1, 0.15) is 25.7 Å².